The van der Waals surface area contributed by atoms with E-state index < -0.39 is 35.4 Å². The van der Waals surface area contributed by atoms with Gasteiger partial charge in [0.15, 0.2) is 0 Å². The Kier molecular flexibility index (Phi) is 6.48. The van der Waals surface area contributed by atoms with E-state index in [9.17, 15) is 28.8 Å². The molecule has 0 bridgehead atoms. The monoisotopic (exact) mass is 556 g/mol. The number of carbonyl (C=O) groups excluding carboxylic acids is 6. The molecule has 204 valence electrons. The molecule has 4 aromatic carbocycles. The number of anilines is 2. The van der Waals surface area contributed by atoms with E-state index in [2.05, 4.69) is 21.3 Å². The van der Waals surface area contributed by atoms with Crippen molar-refractivity contribution in [3.63, 3.8) is 0 Å². The van der Waals surface area contributed by atoms with Crippen molar-refractivity contribution < 1.29 is 28.8 Å². The van der Waals surface area contributed by atoms with Gasteiger partial charge in [-0.2, -0.15) is 0 Å². The molecule has 0 radical (unpaired) electrons. The molecule has 0 unspecified atom stereocenters. The second-order valence-corrected chi connectivity index (χ2v) is 9.57. The standard InChI is InChI=1S/C32H20N4O6/c37-27(19-7-13-23-25(15-19)31(41)35-29(23)39)33-21-9-3-17(4-10-21)1-2-18-5-11-22(12-6-18)34-28(38)20-8-14-24-26(16-20)32(42)36-30(24)40/h1-16H,(H,33,37)(H,34,38)(H,35,39,41)(H,36,40,42)/b2-1+. The Hall–Kier alpha value is -6.16. The number of hydrogen-bond acceptors (Lipinski definition) is 6. The SMILES string of the molecule is O=C(Nc1ccc(/C=C/c2ccc(NC(=O)c3ccc4c(c3)C(=O)NC4=O)cc2)cc1)c1ccc2c(c1)C(=O)NC2=O. The van der Waals surface area contributed by atoms with Crippen molar-refractivity contribution in [2.75, 3.05) is 10.6 Å². The maximum absolute atomic E-state index is 12.6. The van der Waals surface area contributed by atoms with Crippen LogP contribution in [0.5, 0.6) is 0 Å². The lowest BCUT2D eigenvalue weighted by molar-refractivity contribution is 0.0863. The highest BCUT2D eigenvalue weighted by Gasteiger charge is 2.28. The molecule has 0 aliphatic carbocycles. The lowest BCUT2D eigenvalue weighted by atomic mass is 10.0. The molecular formula is C32H20N4O6. The average molecular weight is 557 g/mol. The Labute approximate surface area is 238 Å². The summed E-state index contributed by atoms with van der Waals surface area (Å²) in [5, 5.41) is 9.96. The fraction of sp³-hybridized carbons (Fsp3) is 0. The lowest BCUT2D eigenvalue weighted by Gasteiger charge is -2.07. The molecule has 0 aromatic heterocycles. The third-order valence-electron chi connectivity index (χ3n) is 6.80. The molecule has 2 heterocycles. The Morgan fingerprint density at radius 1 is 0.476 bits per heavy atom. The lowest BCUT2D eigenvalue weighted by Crippen LogP contribution is -2.19. The second kappa shape index (κ2) is 10.4. The number of rotatable bonds is 6. The van der Waals surface area contributed by atoms with E-state index in [1.165, 1.54) is 36.4 Å². The molecule has 0 atom stereocenters. The summed E-state index contributed by atoms with van der Waals surface area (Å²) in [7, 11) is 0. The van der Waals surface area contributed by atoms with Crippen molar-refractivity contribution in [3.05, 3.63) is 129 Å². The van der Waals surface area contributed by atoms with Gasteiger partial charge in [-0.15, -0.1) is 0 Å². The molecule has 6 amide bonds. The van der Waals surface area contributed by atoms with Crippen molar-refractivity contribution in [1.82, 2.24) is 10.6 Å². The smallest absolute Gasteiger partial charge is 0.258 e. The van der Waals surface area contributed by atoms with Gasteiger partial charge in [-0.05, 0) is 71.8 Å². The van der Waals surface area contributed by atoms with Gasteiger partial charge in [-0.25, -0.2) is 0 Å². The first-order valence-corrected chi connectivity index (χ1v) is 12.8. The van der Waals surface area contributed by atoms with Crippen LogP contribution >= 0.6 is 0 Å². The molecule has 4 N–H and O–H groups in total. The minimum atomic E-state index is -0.522. The number of nitrogens with one attached hydrogen (secondary N) is 4. The Bertz CT molecular complexity index is 1740. The second-order valence-electron chi connectivity index (χ2n) is 9.57. The van der Waals surface area contributed by atoms with Gasteiger partial charge in [0.1, 0.15) is 0 Å². The first kappa shape index (κ1) is 26.1. The molecule has 0 fully saturated rings. The minimum Gasteiger partial charge on any atom is -0.322 e. The van der Waals surface area contributed by atoms with E-state index in [0.29, 0.717) is 11.4 Å². The number of amides is 6. The van der Waals surface area contributed by atoms with Crippen molar-refractivity contribution in [2.24, 2.45) is 0 Å². The fourth-order valence-corrected chi connectivity index (χ4v) is 4.57. The molecule has 0 saturated carbocycles. The summed E-state index contributed by atoms with van der Waals surface area (Å²) in [5.41, 5.74) is 4.28. The summed E-state index contributed by atoms with van der Waals surface area (Å²) in [4.78, 5) is 72.4. The summed E-state index contributed by atoms with van der Waals surface area (Å²) in [6, 6.07) is 23.0. The van der Waals surface area contributed by atoms with Crippen molar-refractivity contribution in [2.45, 2.75) is 0 Å². The van der Waals surface area contributed by atoms with E-state index in [4.69, 9.17) is 0 Å². The van der Waals surface area contributed by atoms with Gasteiger partial charge >= 0.3 is 0 Å². The van der Waals surface area contributed by atoms with Gasteiger partial charge in [0.25, 0.3) is 35.4 Å². The first-order valence-electron chi connectivity index (χ1n) is 12.8. The number of carbonyl (C=O) groups is 6. The van der Waals surface area contributed by atoms with E-state index >= 15 is 0 Å². The van der Waals surface area contributed by atoms with Gasteiger partial charge in [0, 0.05) is 22.5 Å². The molecule has 10 heteroatoms. The van der Waals surface area contributed by atoms with Crippen LogP contribution in [-0.2, 0) is 0 Å². The predicted octanol–water partition coefficient (Wildman–Crippen LogP) is 4.13. The van der Waals surface area contributed by atoms with Crippen molar-refractivity contribution in [3.8, 4) is 0 Å². The van der Waals surface area contributed by atoms with Crippen LogP contribution in [0.15, 0.2) is 84.9 Å². The van der Waals surface area contributed by atoms with Crippen LogP contribution in [0.3, 0.4) is 0 Å². The minimum absolute atomic E-state index is 0.178. The average Bonchev–Trinajstić information content (AvgIpc) is 3.45. The van der Waals surface area contributed by atoms with Crippen LogP contribution < -0.4 is 21.3 Å². The normalized spacial score (nSPS) is 13.4. The quantitative estimate of drug-likeness (QED) is 0.207. The Morgan fingerprint density at radius 3 is 1.21 bits per heavy atom. The van der Waals surface area contributed by atoms with E-state index in [-0.39, 0.29) is 33.4 Å². The largest absolute Gasteiger partial charge is 0.322 e. The zero-order valence-electron chi connectivity index (χ0n) is 21.7. The summed E-state index contributed by atoms with van der Waals surface area (Å²) in [6.45, 7) is 0. The maximum Gasteiger partial charge on any atom is 0.258 e. The molecule has 2 aliphatic rings. The molecule has 4 aromatic rings. The Balaban J connectivity index is 1.05. The highest BCUT2D eigenvalue weighted by atomic mass is 16.2. The fourth-order valence-electron chi connectivity index (χ4n) is 4.57. The first-order chi connectivity index (χ1) is 20.2. The topological polar surface area (TPSA) is 151 Å². The Morgan fingerprint density at radius 2 is 0.833 bits per heavy atom. The molecule has 42 heavy (non-hydrogen) atoms. The van der Waals surface area contributed by atoms with Crippen molar-refractivity contribution in [1.29, 1.82) is 0 Å². The highest BCUT2D eigenvalue weighted by molar-refractivity contribution is 6.23. The van der Waals surface area contributed by atoms with Crippen LogP contribution in [0.4, 0.5) is 11.4 Å². The summed E-state index contributed by atoms with van der Waals surface area (Å²) < 4.78 is 0. The zero-order valence-corrected chi connectivity index (χ0v) is 21.7. The van der Waals surface area contributed by atoms with Crippen molar-refractivity contribution >= 4 is 59.0 Å². The van der Waals surface area contributed by atoms with Gasteiger partial charge < -0.3 is 10.6 Å². The third-order valence-corrected chi connectivity index (χ3v) is 6.80. The van der Waals surface area contributed by atoms with Gasteiger partial charge in [0.05, 0.1) is 22.3 Å². The van der Waals surface area contributed by atoms with E-state index in [1.807, 2.05) is 36.4 Å². The van der Waals surface area contributed by atoms with Gasteiger partial charge in [0.2, 0.25) is 0 Å². The van der Waals surface area contributed by atoms with E-state index in [0.717, 1.165) is 11.1 Å². The van der Waals surface area contributed by atoms with Crippen LogP contribution in [-0.4, -0.2) is 35.4 Å². The zero-order chi connectivity index (χ0) is 29.4. The van der Waals surface area contributed by atoms with Gasteiger partial charge in [-0.3, -0.25) is 39.4 Å². The molecule has 6 rings (SSSR count). The van der Waals surface area contributed by atoms with Crippen LogP contribution in [0, 0.1) is 0 Å². The highest BCUT2D eigenvalue weighted by Crippen LogP contribution is 2.21. The number of imide groups is 2. The molecule has 2 aliphatic heterocycles. The molecule has 0 saturated heterocycles. The number of benzene rings is 4. The van der Waals surface area contributed by atoms with Crippen LogP contribution in [0.2, 0.25) is 0 Å². The molecular weight excluding hydrogens is 536 g/mol. The van der Waals surface area contributed by atoms with Gasteiger partial charge in [-0.1, -0.05) is 36.4 Å². The summed E-state index contributed by atoms with van der Waals surface area (Å²) in [5.74, 6) is -2.80. The number of hydrogen-bond donors (Lipinski definition) is 4. The van der Waals surface area contributed by atoms with E-state index in [1.54, 1.807) is 24.3 Å². The van der Waals surface area contributed by atoms with Crippen LogP contribution in [0.1, 0.15) is 73.3 Å². The maximum atomic E-state index is 12.6. The summed E-state index contributed by atoms with van der Waals surface area (Å²) in [6.07, 6.45) is 3.79. The molecule has 10 nitrogen and oxygen atoms in total. The summed E-state index contributed by atoms with van der Waals surface area (Å²) >= 11 is 0. The third kappa shape index (κ3) is 5.07. The van der Waals surface area contributed by atoms with Crippen LogP contribution in [0.25, 0.3) is 12.2 Å². The number of fused-ring (bicyclic) bond motifs is 2. The molecule has 0 spiro atoms. The predicted molar refractivity (Wildman–Crippen MR) is 154 cm³/mol.